The quantitative estimate of drug-likeness (QED) is 0.861. The van der Waals surface area contributed by atoms with E-state index >= 15 is 0 Å². The monoisotopic (exact) mass is 322 g/mol. The minimum absolute atomic E-state index is 0.123. The van der Waals surface area contributed by atoms with Gasteiger partial charge in [-0.1, -0.05) is 35.3 Å². The molecule has 6 heteroatoms. The van der Waals surface area contributed by atoms with Crippen LogP contribution in [0.15, 0.2) is 36.4 Å². The van der Waals surface area contributed by atoms with E-state index in [2.05, 4.69) is 5.32 Å². The molecule has 0 aromatic heterocycles. The Kier molecular flexibility index (Phi) is 4.79. The van der Waals surface area contributed by atoms with Crippen LogP contribution in [0.1, 0.15) is 11.1 Å². The lowest BCUT2D eigenvalue weighted by Gasteiger charge is -2.07. The van der Waals surface area contributed by atoms with Gasteiger partial charge in [-0.3, -0.25) is 4.79 Å². The molecule has 3 nitrogen and oxygen atoms in total. The van der Waals surface area contributed by atoms with E-state index in [1.807, 2.05) is 6.07 Å². The zero-order chi connectivity index (χ0) is 15.4. The Morgan fingerprint density at radius 3 is 2.29 bits per heavy atom. The van der Waals surface area contributed by atoms with Crippen molar-refractivity contribution in [2.75, 3.05) is 5.32 Å². The first kappa shape index (κ1) is 15.3. The van der Waals surface area contributed by atoms with Crippen molar-refractivity contribution in [2.45, 2.75) is 6.42 Å². The largest absolute Gasteiger partial charge is 0.326 e. The van der Waals surface area contributed by atoms with Gasteiger partial charge < -0.3 is 5.32 Å². The van der Waals surface area contributed by atoms with E-state index < -0.39 is 5.82 Å². The third-order valence-corrected chi connectivity index (χ3v) is 3.27. The number of halogens is 3. The molecule has 0 spiro atoms. The molecule has 2 aromatic rings. The summed E-state index contributed by atoms with van der Waals surface area (Å²) in [4.78, 5) is 11.9. The molecule has 0 aliphatic carbocycles. The maximum absolute atomic E-state index is 13.3. The van der Waals surface area contributed by atoms with Gasteiger partial charge in [-0.15, -0.1) is 0 Å². The van der Waals surface area contributed by atoms with Gasteiger partial charge in [0.1, 0.15) is 0 Å². The van der Waals surface area contributed by atoms with Gasteiger partial charge in [-0.2, -0.15) is 5.26 Å². The van der Waals surface area contributed by atoms with Crippen LogP contribution in [0.5, 0.6) is 0 Å². The molecule has 0 saturated heterocycles. The molecule has 0 atom stereocenters. The third kappa shape index (κ3) is 3.94. The fourth-order valence-electron chi connectivity index (χ4n) is 1.72. The Morgan fingerprint density at radius 2 is 1.76 bits per heavy atom. The molecule has 0 aliphatic rings. The molecule has 0 saturated carbocycles. The smallest absolute Gasteiger partial charge is 0.228 e. The van der Waals surface area contributed by atoms with E-state index in [0.29, 0.717) is 11.3 Å². The Hall–Kier alpha value is -2.09. The number of benzene rings is 2. The Balaban J connectivity index is 2.06. The molecular weight excluding hydrogens is 314 g/mol. The second-order valence-electron chi connectivity index (χ2n) is 4.29. The number of nitrogens with one attached hydrogen (secondary N) is 1. The maximum Gasteiger partial charge on any atom is 0.228 e. The molecule has 0 radical (unpaired) electrons. The molecule has 0 fully saturated rings. The summed E-state index contributed by atoms with van der Waals surface area (Å²) in [7, 11) is 0. The predicted octanol–water partition coefficient (Wildman–Crippen LogP) is 4.19. The minimum atomic E-state index is -0.719. The second-order valence-corrected chi connectivity index (χ2v) is 5.10. The average Bonchev–Trinajstić information content (AvgIpc) is 2.45. The van der Waals surface area contributed by atoms with Gasteiger partial charge in [-0.05, 0) is 29.8 Å². The summed E-state index contributed by atoms with van der Waals surface area (Å²) in [5, 5.41) is 11.0. The number of hydrogen-bond acceptors (Lipinski definition) is 2. The molecule has 0 bridgehead atoms. The molecule has 2 rings (SSSR count). The highest BCUT2D eigenvalue weighted by molar-refractivity contribution is 6.35. The summed E-state index contributed by atoms with van der Waals surface area (Å²) < 4.78 is 13.3. The van der Waals surface area contributed by atoms with Gasteiger partial charge in [0.15, 0.2) is 5.82 Å². The molecule has 1 amide bonds. The summed E-state index contributed by atoms with van der Waals surface area (Å²) in [5.41, 5.74) is 1.60. The van der Waals surface area contributed by atoms with Crippen LogP contribution in [0.25, 0.3) is 0 Å². The van der Waals surface area contributed by atoms with Crippen molar-refractivity contribution in [3.63, 3.8) is 0 Å². The van der Waals surface area contributed by atoms with Crippen molar-refractivity contribution in [1.29, 1.82) is 5.26 Å². The summed E-state index contributed by atoms with van der Waals surface area (Å²) >= 11 is 11.3. The zero-order valence-electron chi connectivity index (χ0n) is 10.7. The average molecular weight is 323 g/mol. The van der Waals surface area contributed by atoms with Crippen LogP contribution in [0.2, 0.25) is 10.0 Å². The first-order valence-corrected chi connectivity index (χ1v) is 6.68. The normalized spacial score (nSPS) is 10.0. The van der Waals surface area contributed by atoms with Crippen molar-refractivity contribution < 1.29 is 9.18 Å². The summed E-state index contributed by atoms with van der Waals surface area (Å²) in [5.74, 6) is -1.01. The number of carbonyl (C=O) groups is 1. The van der Waals surface area contributed by atoms with Crippen LogP contribution in [-0.4, -0.2) is 5.91 Å². The fourth-order valence-corrected chi connectivity index (χ4v) is 2.20. The highest BCUT2D eigenvalue weighted by Gasteiger charge is 2.10. The van der Waals surface area contributed by atoms with Crippen molar-refractivity contribution in [1.82, 2.24) is 0 Å². The van der Waals surface area contributed by atoms with Gasteiger partial charge in [-0.25, -0.2) is 4.39 Å². The van der Waals surface area contributed by atoms with E-state index in [0.717, 1.165) is 5.56 Å². The van der Waals surface area contributed by atoms with Crippen LogP contribution in [-0.2, 0) is 11.2 Å². The lowest BCUT2D eigenvalue weighted by atomic mass is 10.1. The van der Waals surface area contributed by atoms with E-state index in [9.17, 15) is 9.18 Å². The number of nitrogens with zero attached hydrogens (tertiary/aromatic N) is 1. The number of rotatable bonds is 3. The van der Waals surface area contributed by atoms with Gasteiger partial charge >= 0.3 is 0 Å². The van der Waals surface area contributed by atoms with Gasteiger partial charge in [0, 0.05) is 5.69 Å². The van der Waals surface area contributed by atoms with Crippen LogP contribution < -0.4 is 5.32 Å². The molecular formula is C15H9Cl2FN2O. The van der Waals surface area contributed by atoms with Crippen molar-refractivity contribution in [3.05, 3.63) is 63.4 Å². The first-order valence-electron chi connectivity index (χ1n) is 5.93. The molecule has 0 aliphatic heterocycles. The van der Waals surface area contributed by atoms with E-state index in [1.54, 1.807) is 24.3 Å². The van der Waals surface area contributed by atoms with Crippen LogP contribution in [0.4, 0.5) is 10.1 Å². The predicted molar refractivity (Wildman–Crippen MR) is 79.9 cm³/mol. The Labute approximate surface area is 130 Å². The van der Waals surface area contributed by atoms with E-state index in [1.165, 1.54) is 12.1 Å². The standard InChI is InChI=1S/C15H9Cl2FN2O/c16-12-6-11(7-13(17)15(12)18)20-14(21)5-9-1-3-10(8-19)4-2-9/h1-4,6-7H,5H2,(H,20,21). The SMILES string of the molecule is N#Cc1ccc(CC(=O)Nc2cc(Cl)c(F)c(Cl)c2)cc1. The van der Waals surface area contributed by atoms with Crippen molar-refractivity contribution in [2.24, 2.45) is 0 Å². The number of amides is 1. The van der Waals surface area contributed by atoms with Gasteiger partial charge in [0.25, 0.3) is 0 Å². The van der Waals surface area contributed by atoms with Crippen LogP contribution >= 0.6 is 23.2 Å². The zero-order valence-corrected chi connectivity index (χ0v) is 12.2. The Morgan fingerprint density at radius 1 is 1.19 bits per heavy atom. The molecule has 2 aromatic carbocycles. The summed E-state index contributed by atoms with van der Waals surface area (Å²) in [6, 6.07) is 11.2. The van der Waals surface area contributed by atoms with Gasteiger partial charge in [0.2, 0.25) is 5.91 Å². The molecule has 0 unspecified atom stereocenters. The second kappa shape index (κ2) is 6.57. The summed E-state index contributed by atoms with van der Waals surface area (Å²) in [6.45, 7) is 0. The fraction of sp³-hybridized carbons (Fsp3) is 0.0667. The molecule has 0 heterocycles. The third-order valence-electron chi connectivity index (χ3n) is 2.72. The van der Waals surface area contributed by atoms with Crippen LogP contribution in [0.3, 0.4) is 0 Å². The number of hydrogen-bond donors (Lipinski definition) is 1. The molecule has 21 heavy (non-hydrogen) atoms. The lowest BCUT2D eigenvalue weighted by molar-refractivity contribution is -0.115. The van der Waals surface area contributed by atoms with E-state index in [-0.39, 0.29) is 22.4 Å². The van der Waals surface area contributed by atoms with Crippen molar-refractivity contribution in [3.8, 4) is 6.07 Å². The maximum atomic E-state index is 13.3. The highest BCUT2D eigenvalue weighted by atomic mass is 35.5. The number of nitriles is 1. The first-order chi connectivity index (χ1) is 9.99. The molecule has 1 N–H and O–H groups in total. The minimum Gasteiger partial charge on any atom is -0.326 e. The highest BCUT2D eigenvalue weighted by Crippen LogP contribution is 2.27. The number of carbonyl (C=O) groups excluding carboxylic acids is 1. The van der Waals surface area contributed by atoms with E-state index in [4.69, 9.17) is 28.5 Å². The van der Waals surface area contributed by atoms with Crippen LogP contribution in [0, 0.1) is 17.1 Å². The lowest BCUT2D eigenvalue weighted by Crippen LogP contribution is -2.14. The Bertz CT molecular complexity index is 700. The molecule has 106 valence electrons. The number of anilines is 1. The van der Waals surface area contributed by atoms with Crippen molar-refractivity contribution >= 4 is 34.8 Å². The summed E-state index contributed by atoms with van der Waals surface area (Å²) in [6.07, 6.45) is 0.123. The van der Waals surface area contributed by atoms with Gasteiger partial charge in [0.05, 0.1) is 28.1 Å². The topological polar surface area (TPSA) is 52.9 Å².